The maximum Gasteiger partial charge on any atom is 0.262 e. The van der Waals surface area contributed by atoms with Crippen LogP contribution in [-0.2, 0) is 4.79 Å². The molecule has 0 spiro atoms. The molecule has 1 aromatic rings. The van der Waals surface area contributed by atoms with Crippen LogP contribution in [0.4, 0.5) is 0 Å². The summed E-state index contributed by atoms with van der Waals surface area (Å²) < 4.78 is 0.877. The van der Waals surface area contributed by atoms with Gasteiger partial charge in [0.25, 0.3) is 5.91 Å². The predicted molar refractivity (Wildman–Crippen MR) is 94.0 cm³/mol. The molecule has 4 N–H and O–H groups in total. The topological polar surface area (TPSA) is 84.2 Å². The molecule has 22 heavy (non-hydrogen) atoms. The van der Waals surface area contributed by atoms with Crippen molar-refractivity contribution in [3.63, 3.8) is 0 Å². The molecule has 1 rings (SSSR count). The molecule has 0 aromatic carbocycles. The SMILES string of the molecule is CC(C)CC(C)(CN)NC(=O)C(C)NC(=O)c1ccc(Br)s1. The number of nitrogens with one attached hydrogen (secondary N) is 2. The minimum absolute atomic E-state index is 0.224. The van der Waals surface area contributed by atoms with Crippen molar-refractivity contribution >= 4 is 39.1 Å². The molecular weight excluding hydrogens is 366 g/mol. The first-order chi connectivity index (χ1) is 10.2. The van der Waals surface area contributed by atoms with E-state index in [1.54, 1.807) is 19.1 Å². The van der Waals surface area contributed by atoms with Gasteiger partial charge >= 0.3 is 0 Å². The molecule has 0 aliphatic carbocycles. The van der Waals surface area contributed by atoms with Crippen LogP contribution in [0.5, 0.6) is 0 Å². The number of hydrogen-bond acceptors (Lipinski definition) is 4. The van der Waals surface area contributed by atoms with Gasteiger partial charge in [-0.1, -0.05) is 13.8 Å². The molecule has 0 aliphatic heterocycles. The Hall–Kier alpha value is -0.920. The van der Waals surface area contributed by atoms with Crippen molar-refractivity contribution in [3.8, 4) is 0 Å². The number of amides is 2. The molecule has 0 fully saturated rings. The minimum Gasteiger partial charge on any atom is -0.348 e. The zero-order chi connectivity index (χ0) is 16.9. The van der Waals surface area contributed by atoms with E-state index in [4.69, 9.17) is 5.73 Å². The van der Waals surface area contributed by atoms with Gasteiger partial charge in [-0.2, -0.15) is 0 Å². The largest absolute Gasteiger partial charge is 0.348 e. The Kier molecular flexibility index (Phi) is 7.02. The van der Waals surface area contributed by atoms with Crippen molar-refractivity contribution < 1.29 is 9.59 Å². The van der Waals surface area contributed by atoms with Crippen LogP contribution >= 0.6 is 27.3 Å². The number of carbonyl (C=O) groups excluding carboxylic acids is 2. The Morgan fingerprint density at radius 3 is 2.45 bits per heavy atom. The van der Waals surface area contributed by atoms with Crippen molar-refractivity contribution in [2.45, 2.75) is 45.7 Å². The molecule has 7 heteroatoms. The molecule has 1 heterocycles. The fourth-order valence-corrected chi connectivity index (χ4v) is 3.55. The number of rotatable bonds is 7. The Balaban J connectivity index is 2.62. The van der Waals surface area contributed by atoms with Crippen LogP contribution in [0.1, 0.15) is 43.8 Å². The molecule has 5 nitrogen and oxygen atoms in total. The van der Waals surface area contributed by atoms with Gasteiger partial charge in [-0.25, -0.2) is 0 Å². The van der Waals surface area contributed by atoms with E-state index in [1.807, 2.05) is 6.92 Å². The van der Waals surface area contributed by atoms with E-state index in [0.29, 0.717) is 17.3 Å². The summed E-state index contributed by atoms with van der Waals surface area (Å²) in [4.78, 5) is 24.9. The number of hydrogen-bond donors (Lipinski definition) is 3. The highest BCUT2D eigenvalue weighted by molar-refractivity contribution is 9.11. The van der Waals surface area contributed by atoms with Crippen LogP contribution in [0, 0.1) is 5.92 Å². The minimum atomic E-state index is -0.619. The lowest BCUT2D eigenvalue weighted by atomic mass is 9.90. The van der Waals surface area contributed by atoms with E-state index < -0.39 is 11.6 Å². The average Bonchev–Trinajstić information content (AvgIpc) is 2.84. The number of halogens is 1. The van der Waals surface area contributed by atoms with Crippen molar-refractivity contribution in [1.29, 1.82) is 0 Å². The lowest BCUT2D eigenvalue weighted by Crippen LogP contribution is -2.57. The summed E-state index contributed by atoms with van der Waals surface area (Å²) in [7, 11) is 0. The Morgan fingerprint density at radius 1 is 1.36 bits per heavy atom. The second kappa shape index (κ2) is 8.08. The highest BCUT2D eigenvalue weighted by atomic mass is 79.9. The zero-order valence-corrected chi connectivity index (χ0v) is 15.8. The Labute approximate surface area is 144 Å². The van der Waals surface area contributed by atoms with E-state index in [9.17, 15) is 9.59 Å². The molecule has 2 atom stereocenters. The molecule has 0 saturated heterocycles. The van der Waals surface area contributed by atoms with Gasteiger partial charge < -0.3 is 16.4 Å². The highest BCUT2D eigenvalue weighted by Crippen LogP contribution is 2.22. The standard InChI is InChI=1S/C15H24BrN3O2S/c1-9(2)7-15(4,8-17)19-13(20)10(3)18-14(21)11-5-6-12(16)22-11/h5-6,9-10H,7-8,17H2,1-4H3,(H,18,21)(H,19,20). The molecule has 2 amide bonds. The normalized spacial score (nSPS) is 15.2. The molecule has 1 aromatic heterocycles. The van der Waals surface area contributed by atoms with Gasteiger partial charge in [0.05, 0.1) is 8.66 Å². The summed E-state index contributed by atoms with van der Waals surface area (Å²) in [5.74, 6) is -0.0588. The molecule has 124 valence electrons. The van der Waals surface area contributed by atoms with Crippen molar-refractivity contribution in [2.75, 3.05) is 6.54 Å². The van der Waals surface area contributed by atoms with E-state index in [1.165, 1.54) is 11.3 Å². The molecule has 0 bridgehead atoms. The number of nitrogens with two attached hydrogens (primary N) is 1. The molecular formula is C15H24BrN3O2S. The van der Waals surface area contributed by atoms with Crippen molar-refractivity contribution in [2.24, 2.45) is 11.7 Å². The zero-order valence-electron chi connectivity index (χ0n) is 13.4. The van der Waals surface area contributed by atoms with Crippen LogP contribution in [0.3, 0.4) is 0 Å². The Morgan fingerprint density at radius 2 is 2.00 bits per heavy atom. The van der Waals surface area contributed by atoms with Gasteiger partial charge in [0.15, 0.2) is 0 Å². The lowest BCUT2D eigenvalue weighted by Gasteiger charge is -2.32. The average molecular weight is 390 g/mol. The summed E-state index contributed by atoms with van der Waals surface area (Å²) >= 11 is 4.64. The van der Waals surface area contributed by atoms with Crippen LogP contribution in [0.2, 0.25) is 0 Å². The third kappa shape index (κ3) is 5.70. The van der Waals surface area contributed by atoms with Gasteiger partial charge in [0, 0.05) is 12.1 Å². The smallest absolute Gasteiger partial charge is 0.262 e. The van der Waals surface area contributed by atoms with Crippen molar-refractivity contribution in [1.82, 2.24) is 10.6 Å². The number of thiophene rings is 1. The summed E-state index contributed by atoms with van der Waals surface area (Å²) in [6.07, 6.45) is 0.785. The Bertz CT molecular complexity index is 533. The van der Waals surface area contributed by atoms with E-state index in [2.05, 4.69) is 40.4 Å². The third-order valence-corrected chi connectivity index (χ3v) is 4.89. The van der Waals surface area contributed by atoms with Crippen LogP contribution in [0.15, 0.2) is 15.9 Å². The van der Waals surface area contributed by atoms with Gasteiger partial charge in [-0.05, 0) is 54.2 Å². The van der Waals surface area contributed by atoms with Crippen LogP contribution < -0.4 is 16.4 Å². The predicted octanol–water partition coefficient (Wildman–Crippen LogP) is 2.51. The monoisotopic (exact) mass is 389 g/mol. The number of carbonyl (C=O) groups is 2. The van der Waals surface area contributed by atoms with Gasteiger partial charge in [-0.15, -0.1) is 11.3 Å². The van der Waals surface area contributed by atoms with Crippen LogP contribution in [-0.4, -0.2) is 29.9 Å². The highest BCUT2D eigenvalue weighted by Gasteiger charge is 2.28. The first-order valence-electron chi connectivity index (χ1n) is 7.25. The summed E-state index contributed by atoms with van der Waals surface area (Å²) in [5, 5.41) is 5.66. The second-order valence-electron chi connectivity index (χ2n) is 6.15. The first-order valence-corrected chi connectivity index (χ1v) is 8.86. The molecule has 0 aliphatic rings. The van der Waals surface area contributed by atoms with E-state index in [0.717, 1.165) is 10.2 Å². The fraction of sp³-hybridized carbons (Fsp3) is 0.600. The molecule has 0 radical (unpaired) electrons. The quantitative estimate of drug-likeness (QED) is 0.669. The third-order valence-electron chi connectivity index (χ3n) is 3.27. The first kappa shape index (κ1) is 19.1. The molecule has 0 saturated carbocycles. The van der Waals surface area contributed by atoms with E-state index in [-0.39, 0.29) is 11.8 Å². The summed E-state index contributed by atoms with van der Waals surface area (Å²) in [6.45, 7) is 8.12. The second-order valence-corrected chi connectivity index (χ2v) is 8.61. The maximum absolute atomic E-state index is 12.3. The lowest BCUT2D eigenvalue weighted by molar-refractivity contribution is -0.124. The summed E-state index contributed by atoms with van der Waals surface area (Å²) in [5.41, 5.74) is 5.33. The van der Waals surface area contributed by atoms with Crippen molar-refractivity contribution in [3.05, 3.63) is 20.8 Å². The van der Waals surface area contributed by atoms with E-state index >= 15 is 0 Å². The van der Waals surface area contributed by atoms with Gasteiger partial charge in [-0.3, -0.25) is 9.59 Å². The maximum atomic E-state index is 12.3. The van der Waals surface area contributed by atoms with Gasteiger partial charge in [0.1, 0.15) is 6.04 Å². The fourth-order valence-electron chi connectivity index (χ4n) is 2.26. The molecule has 2 unspecified atom stereocenters. The van der Waals surface area contributed by atoms with Gasteiger partial charge in [0.2, 0.25) is 5.91 Å². The summed E-state index contributed by atoms with van der Waals surface area (Å²) in [6, 6.07) is 2.90. The van der Waals surface area contributed by atoms with Crippen LogP contribution in [0.25, 0.3) is 0 Å².